The van der Waals surface area contributed by atoms with Gasteiger partial charge in [-0.25, -0.2) is 9.97 Å². The number of ether oxygens (including phenoxy) is 1. The van der Waals surface area contributed by atoms with Crippen molar-refractivity contribution in [1.29, 1.82) is 0 Å². The lowest BCUT2D eigenvalue weighted by Gasteiger charge is -2.13. The molecular formula is C22H19N3O2S2. The van der Waals surface area contributed by atoms with Crippen molar-refractivity contribution in [2.24, 2.45) is 0 Å². The number of amides is 1. The highest BCUT2D eigenvalue weighted by atomic mass is 32.2. The molecule has 0 saturated carbocycles. The monoisotopic (exact) mass is 421 g/mol. The van der Waals surface area contributed by atoms with Crippen LogP contribution in [0.15, 0.2) is 71.3 Å². The van der Waals surface area contributed by atoms with Crippen LogP contribution in [-0.4, -0.2) is 28.2 Å². The molecule has 1 atom stereocenters. The predicted octanol–water partition coefficient (Wildman–Crippen LogP) is 5.49. The average Bonchev–Trinajstić information content (AvgIpc) is 3.19. The third-order valence-electron chi connectivity index (χ3n) is 4.42. The quantitative estimate of drug-likeness (QED) is 0.330. The van der Waals surface area contributed by atoms with Gasteiger partial charge in [-0.05, 0) is 24.6 Å². The Balaban J connectivity index is 1.58. The molecule has 0 spiro atoms. The molecular weight excluding hydrogens is 402 g/mol. The number of nitrogens with one attached hydrogen (secondary N) is 1. The molecule has 5 nitrogen and oxygen atoms in total. The summed E-state index contributed by atoms with van der Waals surface area (Å²) in [6.45, 7) is 1.88. The minimum absolute atomic E-state index is 0.0912. The second-order valence-electron chi connectivity index (χ2n) is 6.36. The number of nitrogens with zero attached hydrogens (tertiary/aromatic N) is 2. The highest BCUT2D eigenvalue weighted by Crippen LogP contribution is 2.39. The van der Waals surface area contributed by atoms with Gasteiger partial charge in [0.05, 0.1) is 17.7 Å². The summed E-state index contributed by atoms with van der Waals surface area (Å²) in [5, 5.41) is 6.51. The molecule has 146 valence electrons. The van der Waals surface area contributed by atoms with E-state index in [-0.39, 0.29) is 11.2 Å². The molecule has 0 fully saturated rings. The van der Waals surface area contributed by atoms with Gasteiger partial charge in [0.15, 0.2) is 0 Å². The van der Waals surface area contributed by atoms with Crippen LogP contribution in [-0.2, 0) is 4.79 Å². The van der Waals surface area contributed by atoms with Gasteiger partial charge in [-0.3, -0.25) is 4.79 Å². The highest BCUT2D eigenvalue weighted by molar-refractivity contribution is 8.00. The Bertz CT molecular complexity index is 1150. The van der Waals surface area contributed by atoms with Crippen molar-refractivity contribution in [3.05, 3.63) is 66.3 Å². The van der Waals surface area contributed by atoms with Crippen molar-refractivity contribution in [2.45, 2.75) is 17.2 Å². The fourth-order valence-electron chi connectivity index (χ4n) is 2.93. The Labute approximate surface area is 177 Å². The summed E-state index contributed by atoms with van der Waals surface area (Å²) in [5.74, 6) is 0.609. The van der Waals surface area contributed by atoms with Crippen LogP contribution in [0.5, 0.6) is 5.75 Å². The van der Waals surface area contributed by atoms with Gasteiger partial charge in [-0.15, -0.1) is 11.3 Å². The van der Waals surface area contributed by atoms with Crippen molar-refractivity contribution >= 4 is 44.9 Å². The van der Waals surface area contributed by atoms with Gasteiger partial charge < -0.3 is 10.1 Å². The first-order valence-corrected chi connectivity index (χ1v) is 10.8. The molecule has 0 bridgehead atoms. The predicted molar refractivity (Wildman–Crippen MR) is 120 cm³/mol. The number of hydrogen-bond donors (Lipinski definition) is 1. The molecule has 1 unspecified atom stereocenters. The topological polar surface area (TPSA) is 64.1 Å². The molecule has 0 saturated heterocycles. The summed E-state index contributed by atoms with van der Waals surface area (Å²) in [7, 11) is 1.60. The third-order valence-corrected chi connectivity index (χ3v) is 6.40. The summed E-state index contributed by atoms with van der Waals surface area (Å²) < 4.78 is 5.21. The molecule has 1 N–H and O–H groups in total. The molecule has 0 aliphatic carbocycles. The number of thioether (sulfide) groups is 1. The van der Waals surface area contributed by atoms with Crippen LogP contribution < -0.4 is 10.1 Å². The van der Waals surface area contributed by atoms with Gasteiger partial charge in [0.25, 0.3) is 0 Å². The first-order valence-electron chi connectivity index (χ1n) is 9.05. The van der Waals surface area contributed by atoms with Crippen molar-refractivity contribution in [1.82, 2.24) is 9.97 Å². The molecule has 0 aliphatic heterocycles. The first kappa shape index (κ1) is 19.4. The maximum atomic E-state index is 12.7. The summed E-state index contributed by atoms with van der Waals surface area (Å²) >= 11 is 3.02. The zero-order valence-electron chi connectivity index (χ0n) is 16.0. The number of anilines is 1. The van der Waals surface area contributed by atoms with Crippen LogP contribution in [0.25, 0.3) is 21.3 Å². The number of benzene rings is 2. The minimum Gasteiger partial charge on any atom is -0.497 e. The van der Waals surface area contributed by atoms with E-state index in [1.807, 2.05) is 43.3 Å². The third kappa shape index (κ3) is 4.26. The first-order chi connectivity index (χ1) is 14.2. The van der Waals surface area contributed by atoms with Gasteiger partial charge in [0.1, 0.15) is 21.9 Å². The van der Waals surface area contributed by atoms with Crippen LogP contribution >= 0.6 is 23.1 Å². The van der Waals surface area contributed by atoms with Crippen molar-refractivity contribution in [3.63, 3.8) is 0 Å². The number of rotatable bonds is 6. The van der Waals surface area contributed by atoms with Crippen LogP contribution in [0.3, 0.4) is 0 Å². The summed E-state index contributed by atoms with van der Waals surface area (Å²) in [6, 6.07) is 17.5. The SMILES string of the molecule is COc1cccc(NC(=O)C(C)Sc2ncnc3scc(-c4ccccc4)c23)c1. The van der Waals surface area contributed by atoms with Crippen molar-refractivity contribution < 1.29 is 9.53 Å². The van der Waals surface area contributed by atoms with E-state index in [1.165, 1.54) is 11.8 Å². The van der Waals surface area contributed by atoms with E-state index in [0.717, 1.165) is 26.4 Å². The second-order valence-corrected chi connectivity index (χ2v) is 8.54. The molecule has 2 aromatic carbocycles. The van der Waals surface area contributed by atoms with Crippen molar-refractivity contribution in [2.75, 3.05) is 12.4 Å². The lowest BCUT2D eigenvalue weighted by atomic mass is 10.1. The van der Waals surface area contributed by atoms with E-state index in [4.69, 9.17) is 4.74 Å². The summed E-state index contributed by atoms with van der Waals surface area (Å²) in [4.78, 5) is 22.5. The second kappa shape index (κ2) is 8.63. The molecule has 0 radical (unpaired) electrons. The summed E-state index contributed by atoms with van der Waals surface area (Å²) in [5.41, 5.74) is 2.91. The maximum absolute atomic E-state index is 12.7. The fourth-order valence-corrected chi connectivity index (χ4v) is 4.85. The van der Waals surface area contributed by atoms with Gasteiger partial charge in [0, 0.05) is 22.7 Å². The molecule has 0 aliphatic rings. The number of fused-ring (bicyclic) bond motifs is 1. The molecule has 29 heavy (non-hydrogen) atoms. The summed E-state index contributed by atoms with van der Waals surface area (Å²) in [6.07, 6.45) is 1.56. The zero-order chi connectivity index (χ0) is 20.2. The normalized spacial score (nSPS) is 11.9. The van der Waals surface area contributed by atoms with Crippen LogP contribution in [0, 0.1) is 0 Å². The van der Waals surface area contributed by atoms with E-state index in [9.17, 15) is 4.79 Å². The Morgan fingerprint density at radius 2 is 1.97 bits per heavy atom. The lowest BCUT2D eigenvalue weighted by Crippen LogP contribution is -2.22. The van der Waals surface area contributed by atoms with Gasteiger partial charge >= 0.3 is 0 Å². The Morgan fingerprint density at radius 1 is 1.14 bits per heavy atom. The van der Waals surface area contributed by atoms with Gasteiger partial charge in [-0.1, -0.05) is 48.2 Å². The molecule has 7 heteroatoms. The van der Waals surface area contributed by atoms with Crippen molar-refractivity contribution in [3.8, 4) is 16.9 Å². The van der Waals surface area contributed by atoms with E-state index in [2.05, 4.69) is 32.8 Å². The van der Waals surface area contributed by atoms with Crippen LogP contribution in [0.4, 0.5) is 5.69 Å². The maximum Gasteiger partial charge on any atom is 0.237 e. The Hall–Kier alpha value is -2.90. The Kier molecular flexibility index (Phi) is 5.78. The molecule has 4 rings (SSSR count). The zero-order valence-corrected chi connectivity index (χ0v) is 17.6. The smallest absolute Gasteiger partial charge is 0.237 e. The molecule has 2 aromatic heterocycles. The number of aromatic nitrogens is 2. The number of hydrogen-bond acceptors (Lipinski definition) is 6. The number of carbonyl (C=O) groups is 1. The molecule has 2 heterocycles. The van der Waals surface area contributed by atoms with E-state index in [1.54, 1.807) is 30.8 Å². The Morgan fingerprint density at radius 3 is 2.76 bits per heavy atom. The highest BCUT2D eigenvalue weighted by Gasteiger charge is 2.20. The van der Waals surface area contributed by atoms with Gasteiger partial charge in [0.2, 0.25) is 5.91 Å². The average molecular weight is 422 g/mol. The molecule has 1 amide bonds. The number of carbonyl (C=O) groups excluding carboxylic acids is 1. The van der Waals surface area contributed by atoms with E-state index in [0.29, 0.717) is 11.4 Å². The van der Waals surface area contributed by atoms with Gasteiger partial charge in [-0.2, -0.15) is 0 Å². The number of methoxy groups -OCH3 is 1. The van der Waals surface area contributed by atoms with Crippen LogP contribution in [0.2, 0.25) is 0 Å². The minimum atomic E-state index is -0.331. The van der Waals surface area contributed by atoms with E-state index < -0.39 is 0 Å². The van der Waals surface area contributed by atoms with E-state index >= 15 is 0 Å². The number of thiophene rings is 1. The van der Waals surface area contributed by atoms with Crippen LogP contribution in [0.1, 0.15) is 6.92 Å². The largest absolute Gasteiger partial charge is 0.497 e. The standard InChI is InChI=1S/C22H19N3O2S2/c1-14(20(26)25-16-9-6-10-17(11-16)27-2)29-22-19-18(15-7-4-3-5-8-15)12-28-21(19)23-13-24-22/h3-14H,1-2H3,(H,25,26). The molecule has 4 aromatic rings. The fraction of sp³-hybridized carbons (Fsp3) is 0.136. The lowest BCUT2D eigenvalue weighted by molar-refractivity contribution is -0.115.